The monoisotopic (exact) mass is 903 g/mol. The summed E-state index contributed by atoms with van der Waals surface area (Å²) in [5.41, 5.74) is -3.10. The molecule has 6 aromatic rings. The summed E-state index contributed by atoms with van der Waals surface area (Å²) >= 11 is 6.62. The molecule has 62 heavy (non-hydrogen) atoms. The van der Waals surface area contributed by atoms with Gasteiger partial charge in [-0.3, -0.25) is 18.9 Å². The van der Waals surface area contributed by atoms with Gasteiger partial charge >= 0.3 is 6.18 Å². The summed E-state index contributed by atoms with van der Waals surface area (Å²) in [5, 5.41) is 10.8. The number of anilines is 1. The van der Waals surface area contributed by atoms with E-state index in [-0.39, 0.29) is 44.3 Å². The van der Waals surface area contributed by atoms with Crippen LogP contribution in [0.5, 0.6) is 0 Å². The average molecular weight is 904 g/mol. The van der Waals surface area contributed by atoms with Gasteiger partial charge in [0.25, 0.3) is 5.92 Å². The van der Waals surface area contributed by atoms with Crippen LogP contribution in [0.4, 0.5) is 36.6 Å². The number of sulfonamides is 1. The van der Waals surface area contributed by atoms with E-state index in [0.717, 1.165) is 25.3 Å². The Labute approximate surface area is 355 Å². The van der Waals surface area contributed by atoms with Crippen molar-refractivity contribution in [3.8, 4) is 23.0 Å². The molecule has 0 radical (unpaired) electrons. The van der Waals surface area contributed by atoms with E-state index < -0.39 is 93.0 Å². The van der Waals surface area contributed by atoms with Crippen molar-refractivity contribution in [2.24, 2.45) is 13.0 Å². The number of aromatic nitrogens is 7. The fourth-order valence-electron chi connectivity index (χ4n) is 7.67. The van der Waals surface area contributed by atoms with Crippen LogP contribution in [-0.4, -0.2) is 54.7 Å². The van der Waals surface area contributed by atoms with Crippen LogP contribution in [0, 0.1) is 29.4 Å². The van der Waals surface area contributed by atoms with Gasteiger partial charge in [-0.05, 0) is 68.0 Å². The van der Waals surface area contributed by atoms with Crippen molar-refractivity contribution in [2.45, 2.75) is 70.3 Å². The molecule has 0 bridgehead atoms. The number of fused-ring (bicyclic) bond motifs is 2. The first kappa shape index (κ1) is 44.1. The standard InChI is InChI=1S/C41H37ClF7N9O3S/c1-21-22(2)40(45,46)37-32(21)36(41(47,48)49)53-58(37)19-31(59)52-30(17-23-15-24(43)18-25(44)16-23)34-27(8-7-26(51-34)11-12-39(3,4)57-14-13-50-20-57)28-9-10-29(42)33-35(28)56(5)54-38(33)55-62(6,60)61/h7-10,13-16,18,20-22,30H,17,19H2,1-6H3,(H,52,59)(H,54,55)/t21-,22+,30-/m0/s1. The van der Waals surface area contributed by atoms with Crippen molar-refractivity contribution in [3.05, 3.63) is 112 Å². The Bertz CT molecular complexity index is 2900. The molecular formula is C41H37ClF7N9O3S. The molecule has 1 aliphatic carbocycles. The molecule has 12 nitrogen and oxygen atoms in total. The number of benzene rings is 2. The Balaban J connectivity index is 1.42. The number of carbonyl (C=O) groups is 1. The lowest BCUT2D eigenvalue weighted by molar-refractivity contribution is -0.143. The number of pyridine rings is 1. The number of rotatable bonds is 10. The predicted molar refractivity (Wildman–Crippen MR) is 215 cm³/mol. The van der Waals surface area contributed by atoms with E-state index >= 15 is 8.78 Å². The number of aryl methyl sites for hydroxylation is 1. The van der Waals surface area contributed by atoms with E-state index in [1.54, 1.807) is 41.5 Å². The number of hydrogen-bond donors (Lipinski definition) is 2. The van der Waals surface area contributed by atoms with E-state index in [9.17, 15) is 35.2 Å². The van der Waals surface area contributed by atoms with Crippen molar-refractivity contribution in [1.29, 1.82) is 0 Å². The Morgan fingerprint density at radius 3 is 2.34 bits per heavy atom. The van der Waals surface area contributed by atoms with Crippen LogP contribution >= 0.6 is 11.6 Å². The largest absolute Gasteiger partial charge is 0.435 e. The molecule has 2 N–H and O–H groups in total. The van der Waals surface area contributed by atoms with Gasteiger partial charge in [0.05, 0.1) is 40.2 Å². The summed E-state index contributed by atoms with van der Waals surface area (Å²) < 4.78 is 134. The lowest BCUT2D eigenvalue weighted by Gasteiger charge is -2.24. The SMILES string of the molecule is C[C@@H]1c2c(C(F)(F)F)nn(CC(=O)N[C@@H](Cc3cc(F)cc(F)c3)c3nc(C#CC(C)(C)n4ccnc4)ccc3-c3ccc(Cl)c4c(NS(C)(=O)=O)nn(C)c34)c2C(F)(F)[C@@H]1C. The first-order valence-corrected chi connectivity index (χ1v) is 21.1. The third-order valence-corrected chi connectivity index (χ3v) is 11.6. The summed E-state index contributed by atoms with van der Waals surface area (Å²) in [6.07, 6.45) is 0.253. The average Bonchev–Trinajstić information content (AvgIpc) is 3.94. The molecule has 0 saturated carbocycles. The minimum absolute atomic E-state index is 0.00644. The maximum absolute atomic E-state index is 15.7. The van der Waals surface area contributed by atoms with E-state index in [1.807, 2.05) is 13.8 Å². The van der Waals surface area contributed by atoms with E-state index in [1.165, 1.54) is 24.7 Å². The third-order valence-electron chi connectivity index (χ3n) is 10.8. The van der Waals surface area contributed by atoms with Crippen LogP contribution in [-0.2, 0) is 52.5 Å². The Kier molecular flexibility index (Phi) is 11.2. The molecule has 0 spiro atoms. The molecule has 1 amide bonds. The molecule has 0 fully saturated rings. The Morgan fingerprint density at radius 1 is 1.03 bits per heavy atom. The topological polar surface area (TPSA) is 142 Å². The highest BCUT2D eigenvalue weighted by Gasteiger charge is 2.57. The van der Waals surface area contributed by atoms with Gasteiger partial charge in [0.2, 0.25) is 15.9 Å². The molecule has 3 atom stereocenters. The molecule has 2 aromatic carbocycles. The fraction of sp³-hybridized carbons (Fsp3) is 0.341. The zero-order valence-corrected chi connectivity index (χ0v) is 35.3. The van der Waals surface area contributed by atoms with Crippen LogP contribution in [0.25, 0.3) is 22.0 Å². The minimum Gasteiger partial charge on any atom is -0.346 e. The fourth-order valence-corrected chi connectivity index (χ4v) is 8.41. The highest BCUT2D eigenvalue weighted by molar-refractivity contribution is 7.92. The number of amides is 1. The van der Waals surface area contributed by atoms with Gasteiger partial charge in [0.15, 0.2) is 11.5 Å². The molecular weight excluding hydrogens is 867 g/mol. The number of nitrogens with zero attached hydrogens (tertiary/aromatic N) is 7. The lowest BCUT2D eigenvalue weighted by atomic mass is 9.93. The summed E-state index contributed by atoms with van der Waals surface area (Å²) in [5.74, 6) is -3.59. The molecule has 326 valence electrons. The van der Waals surface area contributed by atoms with Crippen molar-refractivity contribution < 1.29 is 43.9 Å². The van der Waals surface area contributed by atoms with Crippen molar-refractivity contribution >= 4 is 44.3 Å². The van der Waals surface area contributed by atoms with Gasteiger partial charge in [-0.15, -0.1) is 0 Å². The van der Waals surface area contributed by atoms with Gasteiger partial charge in [0, 0.05) is 48.1 Å². The summed E-state index contributed by atoms with van der Waals surface area (Å²) in [4.78, 5) is 23.0. The second kappa shape index (κ2) is 15.8. The number of halogens is 8. The highest BCUT2D eigenvalue weighted by atomic mass is 35.5. The Morgan fingerprint density at radius 2 is 1.71 bits per heavy atom. The summed E-state index contributed by atoms with van der Waals surface area (Å²) in [6, 6.07) is 7.42. The normalized spacial score (nSPS) is 16.8. The molecule has 0 unspecified atom stereocenters. The zero-order valence-electron chi connectivity index (χ0n) is 33.7. The molecule has 21 heteroatoms. The third kappa shape index (κ3) is 8.47. The number of carbonyl (C=O) groups excluding carboxylic acids is 1. The molecule has 7 rings (SSSR count). The smallest absolute Gasteiger partial charge is 0.346 e. The maximum atomic E-state index is 15.7. The van der Waals surface area contributed by atoms with Crippen LogP contribution in [0.3, 0.4) is 0 Å². The first-order chi connectivity index (χ1) is 28.9. The van der Waals surface area contributed by atoms with Gasteiger partial charge in [-0.25, -0.2) is 27.2 Å². The van der Waals surface area contributed by atoms with Gasteiger partial charge in [-0.1, -0.05) is 37.4 Å². The second-order valence-electron chi connectivity index (χ2n) is 15.6. The van der Waals surface area contributed by atoms with E-state index in [0.29, 0.717) is 16.3 Å². The quantitative estimate of drug-likeness (QED) is 0.105. The van der Waals surface area contributed by atoms with Crippen LogP contribution in [0.15, 0.2) is 61.2 Å². The molecule has 0 aliphatic heterocycles. The van der Waals surface area contributed by atoms with Crippen molar-refractivity contribution in [2.75, 3.05) is 11.0 Å². The maximum Gasteiger partial charge on any atom is 0.435 e. The van der Waals surface area contributed by atoms with Gasteiger partial charge in [-0.2, -0.15) is 32.1 Å². The van der Waals surface area contributed by atoms with Gasteiger partial charge in [0.1, 0.15) is 35.1 Å². The molecule has 1 aliphatic rings. The van der Waals surface area contributed by atoms with Crippen molar-refractivity contribution in [3.63, 3.8) is 0 Å². The molecule has 4 heterocycles. The van der Waals surface area contributed by atoms with Crippen LogP contribution in [0.1, 0.15) is 73.6 Å². The number of nitrogens with one attached hydrogen (secondary N) is 2. The molecule has 4 aromatic heterocycles. The predicted octanol–water partition coefficient (Wildman–Crippen LogP) is 8.08. The van der Waals surface area contributed by atoms with E-state index in [4.69, 9.17) is 16.6 Å². The van der Waals surface area contributed by atoms with Gasteiger partial charge < -0.3 is 9.88 Å². The number of hydrogen-bond acceptors (Lipinski definition) is 7. The first-order valence-electron chi connectivity index (χ1n) is 18.8. The highest BCUT2D eigenvalue weighted by Crippen LogP contribution is 2.55. The van der Waals surface area contributed by atoms with E-state index in [2.05, 4.69) is 37.1 Å². The summed E-state index contributed by atoms with van der Waals surface area (Å²) in [6.45, 7) is 4.86. The van der Waals surface area contributed by atoms with Crippen LogP contribution in [0.2, 0.25) is 5.02 Å². The van der Waals surface area contributed by atoms with Crippen molar-refractivity contribution in [1.82, 2.24) is 39.4 Å². The minimum atomic E-state index is -5.12. The number of alkyl halides is 5. The number of imidazole rings is 1. The zero-order chi connectivity index (χ0) is 45.3. The Hall–Kier alpha value is -5.94. The lowest BCUT2D eigenvalue weighted by Crippen LogP contribution is -2.35. The molecule has 0 saturated heterocycles. The second-order valence-corrected chi connectivity index (χ2v) is 17.8. The van der Waals surface area contributed by atoms with Crippen LogP contribution < -0.4 is 10.0 Å². The summed E-state index contributed by atoms with van der Waals surface area (Å²) in [7, 11) is -2.34.